The molecule has 3 N–H and O–H groups in total. The van der Waals surface area contributed by atoms with Crippen LogP contribution < -0.4 is 10.6 Å². The average Bonchev–Trinajstić information content (AvgIpc) is 2.88. The van der Waals surface area contributed by atoms with E-state index >= 15 is 0 Å². The van der Waals surface area contributed by atoms with Gasteiger partial charge in [-0.3, -0.25) is 4.79 Å². The number of benzene rings is 1. The molecule has 7 heteroatoms. The highest BCUT2D eigenvalue weighted by atomic mass is 79.9. The molecule has 2 aliphatic rings. The van der Waals surface area contributed by atoms with Gasteiger partial charge in [0.05, 0.1) is 10.0 Å². The summed E-state index contributed by atoms with van der Waals surface area (Å²) in [6.45, 7) is 2.25. The summed E-state index contributed by atoms with van der Waals surface area (Å²) in [6.07, 6.45) is 2.60. The van der Waals surface area contributed by atoms with E-state index in [1.54, 1.807) is 23.5 Å². The molecule has 2 atom stereocenters. The first kappa shape index (κ1) is 16.2. The van der Waals surface area contributed by atoms with Crippen LogP contribution in [0.25, 0.3) is 0 Å². The molecule has 0 fully saturated rings. The Balaban J connectivity index is 1.74. The minimum Gasteiger partial charge on any atom is -0.506 e. The molecule has 4 rings (SSSR count). The third-order valence-electron chi connectivity index (χ3n) is 4.66. The summed E-state index contributed by atoms with van der Waals surface area (Å²) in [4.78, 5) is 14.0. The minimum atomic E-state index is -0.502. The van der Waals surface area contributed by atoms with Crippen LogP contribution in [0.5, 0.6) is 5.75 Å². The number of hydrogen-bond donors (Lipinski definition) is 3. The van der Waals surface area contributed by atoms with E-state index in [9.17, 15) is 9.90 Å². The van der Waals surface area contributed by atoms with Crippen LogP contribution in [0.4, 0.5) is 5.00 Å². The first-order chi connectivity index (χ1) is 11.4. The molecule has 1 aromatic carbocycles. The number of halogens is 2. The van der Waals surface area contributed by atoms with Gasteiger partial charge in [-0.25, -0.2) is 0 Å². The number of amides is 1. The van der Waals surface area contributed by atoms with Crippen LogP contribution in [0.1, 0.15) is 45.9 Å². The summed E-state index contributed by atoms with van der Waals surface area (Å²) < 4.78 is 0.506. The van der Waals surface area contributed by atoms with E-state index in [0.29, 0.717) is 21.0 Å². The van der Waals surface area contributed by atoms with Gasteiger partial charge in [0, 0.05) is 15.5 Å². The van der Waals surface area contributed by atoms with E-state index < -0.39 is 6.17 Å². The predicted molar refractivity (Wildman–Crippen MR) is 100 cm³/mol. The second-order valence-electron chi connectivity index (χ2n) is 6.43. The number of fused-ring (bicyclic) bond motifs is 3. The molecule has 0 bridgehead atoms. The SMILES string of the molecule is C[C@@H]1CCc2c(sc3c2C(=O)N[C@@H](c2cc(Cl)cc(Br)c2O)N3)C1. The van der Waals surface area contributed by atoms with E-state index in [2.05, 4.69) is 33.5 Å². The number of nitrogens with one attached hydrogen (secondary N) is 2. The molecule has 0 spiro atoms. The van der Waals surface area contributed by atoms with Gasteiger partial charge in [-0.05, 0) is 58.8 Å². The molecule has 2 aromatic rings. The first-order valence-electron chi connectivity index (χ1n) is 7.84. The Bertz CT molecular complexity index is 852. The molecular formula is C17H16BrClN2O2S. The highest BCUT2D eigenvalue weighted by molar-refractivity contribution is 9.10. The normalized spacial score (nSPS) is 22.4. The van der Waals surface area contributed by atoms with Gasteiger partial charge in [-0.2, -0.15) is 0 Å². The number of thiophene rings is 1. The quantitative estimate of drug-likeness (QED) is 0.610. The second-order valence-corrected chi connectivity index (χ2v) is 8.83. The average molecular weight is 428 g/mol. The number of carbonyl (C=O) groups excluding carboxylic acids is 1. The van der Waals surface area contributed by atoms with Crippen molar-refractivity contribution in [2.75, 3.05) is 5.32 Å². The summed E-state index contributed by atoms with van der Waals surface area (Å²) >= 11 is 11.0. The molecule has 0 unspecified atom stereocenters. The molecule has 4 nitrogen and oxygen atoms in total. The predicted octanol–water partition coefficient (Wildman–Crippen LogP) is 4.85. The van der Waals surface area contributed by atoms with Gasteiger partial charge in [0.15, 0.2) is 0 Å². The largest absolute Gasteiger partial charge is 0.506 e. The zero-order valence-corrected chi connectivity index (χ0v) is 16.1. The van der Waals surface area contributed by atoms with Crippen molar-refractivity contribution in [2.45, 2.75) is 32.4 Å². The Labute approximate surface area is 157 Å². The Hall–Kier alpha value is -1.24. The van der Waals surface area contributed by atoms with Gasteiger partial charge in [-0.15, -0.1) is 11.3 Å². The van der Waals surface area contributed by atoms with Gasteiger partial charge >= 0.3 is 0 Å². The minimum absolute atomic E-state index is 0.0793. The highest BCUT2D eigenvalue weighted by Crippen LogP contribution is 2.44. The van der Waals surface area contributed by atoms with Crippen molar-refractivity contribution in [2.24, 2.45) is 5.92 Å². The van der Waals surface area contributed by atoms with E-state index in [-0.39, 0.29) is 11.7 Å². The van der Waals surface area contributed by atoms with Crippen molar-refractivity contribution in [3.63, 3.8) is 0 Å². The molecule has 0 saturated carbocycles. The summed E-state index contributed by atoms with van der Waals surface area (Å²) in [5, 5.41) is 18.0. The van der Waals surface area contributed by atoms with Crippen LogP contribution in [0.3, 0.4) is 0 Å². The summed E-state index contributed by atoms with van der Waals surface area (Å²) in [7, 11) is 0. The zero-order chi connectivity index (χ0) is 17.0. The number of carbonyl (C=O) groups is 1. The van der Waals surface area contributed by atoms with Crippen LogP contribution in [0, 0.1) is 5.92 Å². The molecule has 1 aromatic heterocycles. The first-order valence-corrected chi connectivity index (χ1v) is 9.82. The number of hydrogen-bond acceptors (Lipinski definition) is 4. The fraction of sp³-hybridized carbons (Fsp3) is 0.353. The van der Waals surface area contributed by atoms with Crippen LogP contribution in [0.15, 0.2) is 16.6 Å². The second kappa shape index (κ2) is 5.93. The van der Waals surface area contributed by atoms with E-state index in [1.807, 2.05) is 0 Å². The van der Waals surface area contributed by atoms with Crippen LogP contribution in [-0.4, -0.2) is 11.0 Å². The maximum absolute atomic E-state index is 12.7. The van der Waals surface area contributed by atoms with Crippen LogP contribution in [0.2, 0.25) is 5.02 Å². The van der Waals surface area contributed by atoms with Crippen molar-refractivity contribution < 1.29 is 9.90 Å². The monoisotopic (exact) mass is 426 g/mol. The van der Waals surface area contributed by atoms with Gasteiger partial charge in [0.2, 0.25) is 0 Å². The Kier molecular flexibility index (Phi) is 4.01. The van der Waals surface area contributed by atoms with Crippen molar-refractivity contribution in [3.8, 4) is 5.75 Å². The molecule has 0 radical (unpaired) electrons. The number of rotatable bonds is 1. The lowest BCUT2D eigenvalue weighted by Crippen LogP contribution is -2.38. The summed E-state index contributed by atoms with van der Waals surface area (Å²) in [6, 6.07) is 3.29. The van der Waals surface area contributed by atoms with Crippen molar-refractivity contribution in [3.05, 3.63) is 43.2 Å². The Morgan fingerprint density at radius 2 is 2.17 bits per heavy atom. The molecule has 24 heavy (non-hydrogen) atoms. The molecule has 126 valence electrons. The lowest BCUT2D eigenvalue weighted by molar-refractivity contribution is 0.0935. The fourth-order valence-electron chi connectivity index (χ4n) is 3.42. The number of anilines is 1. The zero-order valence-electron chi connectivity index (χ0n) is 13.0. The Morgan fingerprint density at radius 3 is 2.96 bits per heavy atom. The van der Waals surface area contributed by atoms with Gasteiger partial charge in [-0.1, -0.05) is 18.5 Å². The molecule has 1 aliphatic heterocycles. The molecular weight excluding hydrogens is 412 g/mol. The summed E-state index contributed by atoms with van der Waals surface area (Å²) in [5.41, 5.74) is 2.51. The third-order valence-corrected chi connectivity index (χ3v) is 6.67. The fourth-order valence-corrected chi connectivity index (χ4v) is 5.69. The molecule has 0 saturated heterocycles. The van der Waals surface area contributed by atoms with E-state index in [4.69, 9.17) is 11.6 Å². The molecule has 1 amide bonds. The van der Waals surface area contributed by atoms with Gasteiger partial charge in [0.25, 0.3) is 5.91 Å². The maximum Gasteiger partial charge on any atom is 0.256 e. The van der Waals surface area contributed by atoms with E-state index in [1.165, 1.54) is 10.4 Å². The van der Waals surface area contributed by atoms with Gasteiger partial charge < -0.3 is 15.7 Å². The highest BCUT2D eigenvalue weighted by Gasteiger charge is 2.34. The van der Waals surface area contributed by atoms with Crippen molar-refractivity contribution in [1.29, 1.82) is 0 Å². The standard InChI is InChI=1S/C17H16BrClN2O2S/c1-7-2-3-9-12(4-7)24-17-13(9)16(23)20-15(21-17)10-5-8(19)6-11(18)14(10)22/h5-7,15,21-22H,2-4H2,1H3,(H,20,23)/t7-,15-/m1/s1. The number of aromatic hydroxyl groups is 1. The smallest absolute Gasteiger partial charge is 0.256 e. The van der Waals surface area contributed by atoms with Gasteiger partial charge in [0.1, 0.15) is 16.9 Å². The lowest BCUT2D eigenvalue weighted by Gasteiger charge is -2.27. The van der Waals surface area contributed by atoms with E-state index in [0.717, 1.165) is 29.8 Å². The maximum atomic E-state index is 12.7. The van der Waals surface area contributed by atoms with Crippen molar-refractivity contribution in [1.82, 2.24) is 5.32 Å². The van der Waals surface area contributed by atoms with Crippen LogP contribution in [-0.2, 0) is 12.8 Å². The number of phenols is 1. The number of phenolic OH excluding ortho intramolecular Hbond substituents is 1. The third kappa shape index (κ3) is 2.61. The molecule has 1 aliphatic carbocycles. The molecule has 2 heterocycles. The van der Waals surface area contributed by atoms with Crippen molar-refractivity contribution >= 4 is 49.8 Å². The topological polar surface area (TPSA) is 61.4 Å². The van der Waals surface area contributed by atoms with Crippen LogP contribution >= 0.6 is 38.9 Å². The summed E-state index contributed by atoms with van der Waals surface area (Å²) in [5.74, 6) is 0.649. The lowest BCUT2D eigenvalue weighted by atomic mass is 9.88. The Morgan fingerprint density at radius 1 is 1.38 bits per heavy atom.